The Morgan fingerprint density at radius 1 is 1.56 bits per heavy atom. The molecule has 1 saturated heterocycles. The summed E-state index contributed by atoms with van der Waals surface area (Å²) in [6.45, 7) is 0. The first kappa shape index (κ1) is 13.3. The predicted molar refractivity (Wildman–Crippen MR) is 77.7 cm³/mol. The van der Waals surface area contributed by atoms with Gasteiger partial charge in [-0.3, -0.25) is 4.79 Å². The second-order valence-corrected chi connectivity index (χ2v) is 5.92. The maximum atomic E-state index is 12.1. The number of hydrogen-bond donors (Lipinski definition) is 1. The molecule has 2 N–H and O–H groups in total. The molecule has 0 radical (unpaired) electrons. The molecule has 0 aromatic heterocycles. The minimum absolute atomic E-state index is 0.241. The lowest BCUT2D eigenvalue weighted by Gasteiger charge is -2.23. The third-order valence-electron chi connectivity index (χ3n) is 3.43. The van der Waals surface area contributed by atoms with Crippen LogP contribution in [0.2, 0.25) is 0 Å². The number of aryl methyl sites for hydroxylation is 1. The Kier molecular flexibility index (Phi) is 4.53. The molecule has 1 fully saturated rings. The van der Waals surface area contributed by atoms with Crippen LogP contribution in [0.15, 0.2) is 24.3 Å². The van der Waals surface area contributed by atoms with E-state index in [1.165, 1.54) is 5.75 Å². The van der Waals surface area contributed by atoms with Crippen LogP contribution in [0.5, 0.6) is 0 Å². The molecule has 1 unspecified atom stereocenters. The number of amides is 1. The highest BCUT2D eigenvalue weighted by atomic mass is 32.2. The maximum absolute atomic E-state index is 12.1. The van der Waals surface area contributed by atoms with Gasteiger partial charge >= 0.3 is 0 Å². The molecule has 1 heterocycles. The van der Waals surface area contributed by atoms with E-state index in [1.54, 1.807) is 0 Å². The molecule has 0 aliphatic carbocycles. The molecule has 1 aromatic rings. The van der Waals surface area contributed by atoms with Crippen molar-refractivity contribution in [1.82, 2.24) is 4.90 Å². The van der Waals surface area contributed by atoms with Crippen LogP contribution >= 0.6 is 11.8 Å². The van der Waals surface area contributed by atoms with Crippen molar-refractivity contribution in [3.63, 3.8) is 0 Å². The van der Waals surface area contributed by atoms with Crippen molar-refractivity contribution in [3.05, 3.63) is 29.8 Å². The van der Waals surface area contributed by atoms with Gasteiger partial charge in [0, 0.05) is 31.0 Å². The van der Waals surface area contributed by atoms with E-state index in [0.717, 1.165) is 29.8 Å². The Bertz CT molecular complexity index is 416. The van der Waals surface area contributed by atoms with Crippen molar-refractivity contribution < 1.29 is 4.79 Å². The molecule has 98 valence electrons. The lowest BCUT2D eigenvalue weighted by molar-refractivity contribution is -0.131. The summed E-state index contributed by atoms with van der Waals surface area (Å²) in [6, 6.07) is 8.20. The third-order valence-corrected chi connectivity index (χ3v) is 4.57. The van der Waals surface area contributed by atoms with Gasteiger partial charge in [0.15, 0.2) is 0 Å². The van der Waals surface area contributed by atoms with E-state index < -0.39 is 0 Å². The quantitative estimate of drug-likeness (QED) is 0.848. The summed E-state index contributed by atoms with van der Waals surface area (Å²) in [6.07, 6.45) is 2.47. The number of carbonyl (C=O) groups is 1. The second-order valence-electron chi connectivity index (χ2n) is 4.77. The van der Waals surface area contributed by atoms with E-state index in [4.69, 9.17) is 5.73 Å². The number of nitrogen functional groups attached to an aromatic ring is 1. The van der Waals surface area contributed by atoms with Gasteiger partial charge in [-0.05, 0) is 36.3 Å². The highest BCUT2D eigenvalue weighted by Crippen LogP contribution is 2.22. The zero-order chi connectivity index (χ0) is 13.0. The normalized spacial score (nSPS) is 18.8. The van der Waals surface area contributed by atoms with Crippen LogP contribution in [0.4, 0.5) is 5.69 Å². The molecule has 18 heavy (non-hydrogen) atoms. The van der Waals surface area contributed by atoms with Crippen LogP contribution in [0.1, 0.15) is 18.4 Å². The van der Waals surface area contributed by atoms with Crippen molar-refractivity contribution in [2.75, 3.05) is 24.3 Å². The summed E-state index contributed by atoms with van der Waals surface area (Å²) in [5, 5.41) is 0. The number of rotatable bonds is 4. The summed E-state index contributed by atoms with van der Waals surface area (Å²) >= 11 is 1.93. The average Bonchev–Trinajstić information content (AvgIpc) is 2.89. The highest BCUT2D eigenvalue weighted by molar-refractivity contribution is 7.99. The maximum Gasteiger partial charge on any atom is 0.222 e. The fourth-order valence-corrected chi connectivity index (χ4v) is 3.48. The molecule has 1 amide bonds. The number of benzene rings is 1. The highest BCUT2D eigenvalue weighted by Gasteiger charge is 2.23. The summed E-state index contributed by atoms with van der Waals surface area (Å²) in [4.78, 5) is 14.0. The summed E-state index contributed by atoms with van der Waals surface area (Å²) in [5.74, 6) is 2.50. The van der Waals surface area contributed by atoms with E-state index in [2.05, 4.69) is 0 Å². The molecule has 0 spiro atoms. The number of hydrogen-bond acceptors (Lipinski definition) is 3. The fourth-order valence-electron chi connectivity index (χ4n) is 2.21. The van der Waals surface area contributed by atoms with Gasteiger partial charge in [0.1, 0.15) is 0 Å². The van der Waals surface area contributed by atoms with E-state index in [-0.39, 0.29) is 5.91 Å². The monoisotopic (exact) mass is 264 g/mol. The van der Waals surface area contributed by atoms with Crippen LogP contribution in [-0.4, -0.2) is 35.4 Å². The third kappa shape index (κ3) is 3.42. The molecule has 1 aliphatic rings. The van der Waals surface area contributed by atoms with E-state index in [1.807, 2.05) is 48.0 Å². The fraction of sp³-hybridized carbons (Fsp3) is 0.500. The predicted octanol–water partition coefficient (Wildman–Crippen LogP) is 2.17. The Morgan fingerprint density at radius 2 is 2.39 bits per heavy atom. The van der Waals surface area contributed by atoms with Crippen molar-refractivity contribution in [2.45, 2.75) is 25.3 Å². The van der Waals surface area contributed by atoms with Gasteiger partial charge in [0.25, 0.3) is 0 Å². The largest absolute Gasteiger partial charge is 0.399 e. The number of thioether (sulfide) groups is 1. The van der Waals surface area contributed by atoms with E-state index in [9.17, 15) is 4.79 Å². The molecule has 2 rings (SSSR count). The van der Waals surface area contributed by atoms with Crippen LogP contribution < -0.4 is 5.73 Å². The van der Waals surface area contributed by atoms with Gasteiger partial charge in [-0.15, -0.1) is 0 Å². The van der Waals surface area contributed by atoms with Gasteiger partial charge in [-0.2, -0.15) is 11.8 Å². The van der Waals surface area contributed by atoms with Crippen LogP contribution in [0, 0.1) is 0 Å². The van der Waals surface area contributed by atoms with Crippen molar-refractivity contribution in [3.8, 4) is 0 Å². The molecule has 4 heteroatoms. The first-order valence-electron chi connectivity index (χ1n) is 6.34. The summed E-state index contributed by atoms with van der Waals surface area (Å²) < 4.78 is 0. The molecule has 3 nitrogen and oxygen atoms in total. The SMILES string of the molecule is CN(C(=O)CCc1cccc(N)c1)C1CCSC1. The Hall–Kier alpha value is -1.16. The molecule has 1 aliphatic heterocycles. The van der Waals surface area contributed by atoms with Crippen molar-refractivity contribution in [2.24, 2.45) is 0 Å². The number of anilines is 1. The van der Waals surface area contributed by atoms with Crippen molar-refractivity contribution in [1.29, 1.82) is 0 Å². The lowest BCUT2D eigenvalue weighted by atomic mass is 10.1. The average molecular weight is 264 g/mol. The molecular weight excluding hydrogens is 244 g/mol. The zero-order valence-electron chi connectivity index (χ0n) is 10.8. The smallest absolute Gasteiger partial charge is 0.222 e. The molecule has 1 atom stereocenters. The molecule has 0 bridgehead atoms. The van der Waals surface area contributed by atoms with Crippen LogP contribution in [-0.2, 0) is 11.2 Å². The standard InChI is InChI=1S/C14H20N2OS/c1-16(13-7-8-18-10-13)14(17)6-5-11-3-2-4-12(15)9-11/h2-4,9,13H,5-8,10,15H2,1H3. The number of nitrogens with zero attached hydrogens (tertiary/aromatic N) is 1. The Labute approximate surface area is 113 Å². The minimum Gasteiger partial charge on any atom is -0.399 e. The number of carbonyl (C=O) groups excluding carboxylic acids is 1. The first-order chi connectivity index (χ1) is 8.66. The van der Waals surface area contributed by atoms with Gasteiger partial charge in [-0.25, -0.2) is 0 Å². The summed E-state index contributed by atoms with van der Waals surface area (Å²) in [7, 11) is 1.93. The van der Waals surface area contributed by atoms with Crippen LogP contribution in [0.25, 0.3) is 0 Å². The van der Waals surface area contributed by atoms with Gasteiger partial charge in [0.05, 0.1) is 0 Å². The van der Waals surface area contributed by atoms with Crippen LogP contribution in [0.3, 0.4) is 0 Å². The molecule has 1 aromatic carbocycles. The lowest BCUT2D eigenvalue weighted by Crippen LogP contribution is -2.37. The number of nitrogens with two attached hydrogens (primary N) is 1. The molecular formula is C14H20N2OS. The topological polar surface area (TPSA) is 46.3 Å². The van der Waals surface area contributed by atoms with E-state index in [0.29, 0.717) is 12.5 Å². The van der Waals surface area contributed by atoms with Crippen molar-refractivity contribution >= 4 is 23.4 Å². The minimum atomic E-state index is 0.241. The van der Waals surface area contributed by atoms with Gasteiger partial charge in [-0.1, -0.05) is 12.1 Å². The Balaban J connectivity index is 1.84. The second kappa shape index (κ2) is 6.14. The zero-order valence-corrected chi connectivity index (χ0v) is 11.6. The van der Waals surface area contributed by atoms with Gasteiger partial charge < -0.3 is 10.6 Å². The van der Waals surface area contributed by atoms with E-state index >= 15 is 0 Å². The Morgan fingerprint density at radius 3 is 3.06 bits per heavy atom. The first-order valence-corrected chi connectivity index (χ1v) is 7.50. The molecule has 0 saturated carbocycles. The van der Waals surface area contributed by atoms with Gasteiger partial charge in [0.2, 0.25) is 5.91 Å². The summed E-state index contributed by atoms with van der Waals surface area (Å²) in [5.41, 5.74) is 7.63.